The Morgan fingerprint density at radius 2 is 2.05 bits per heavy atom. The molecule has 0 saturated carbocycles. The molecule has 5 nitrogen and oxygen atoms in total. The van der Waals surface area contributed by atoms with Crippen LogP contribution in [0, 0.1) is 0 Å². The van der Waals surface area contributed by atoms with Crippen molar-refractivity contribution in [3.05, 3.63) is 35.9 Å². The minimum Gasteiger partial charge on any atom is -0.480 e. The van der Waals surface area contributed by atoms with Crippen LogP contribution in [-0.2, 0) is 19.8 Å². The Morgan fingerprint density at radius 1 is 1.40 bits per heavy atom. The Morgan fingerprint density at radius 3 is 2.55 bits per heavy atom. The van der Waals surface area contributed by atoms with Gasteiger partial charge in [-0.05, 0) is 19.5 Å². The molecule has 5 heteroatoms. The molecule has 0 amide bonds. The largest absolute Gasteiger partial charge is 0.480 e. The molecule has 0 spiro atoms. The van der Waals surface area contributed by atoms with Gasteiger partial charge in [-0.2, -0.15) is 0 Å². The number of methoxy groups -OCH3 is 1. The SMILES string of the molecule is CNC(CCOC(C)COC)(C(=O)O)c1ccccc1. The van der Waals surface area contributed by atoms with E-state index in [4.69, 9.17) is 9.47 Å². The van der Waals surface area contributed by atoms with E-state index in [1.807, 2.05) is 37.3 Å². The van der Waals surface area contributed by atoms with Gasteiger partial charge in [0.15, 0.2) is 0 Å². The fraction of sp³-hybridized carbons (Fsp3) is 0.533. The van der Waals surface area contributed by atoms with Crippen molar-refractivity contribution in [3.63, 3.8) is 0 Å². The smallest absolute Gasteiger partial charge is 0.328 e. The molecule has 1 aromatic rings. The summed E-state index contributed by atoms with van der Waals surface area (Å²) in [4.78, 5) is 11.7. The lowest BCUT2D eigenvalue weighted by Crippen LogP contribution is -2.48. The lowest BCUT2D eigenvalue weighted by molar-refractivity contribution is -0.146. The highest BCUT2D eigenvalue weighted by atomic mass is 16.5. The van der Waals surface area contributed by atoms with Crippen LogP contribution in [0.3, 0.4) is 0 Å². The van der Waals surface area contributed by atoms with Crippen molar-refractivity contribution in [2.75, 3.05) is 27.4 Å². The summed E-state index contributed by atoms with van der Waals surface area (Å²) in [5.74, 6) is -0.908. The first-order valence-electron chi connectivity index (χ1n) is 6.65. The Hall–Kier alpha value is -1.43. The average molecular weight is 281 g/mol. The van der Waals surface area contributed by atoms with Gasteiger partial charge in [0.25, 0.3) is 0 Å². The Labute approximate surface area is 119 Å². The number of carbonyl (C=O) groups is 1. The summed E-state index contributed by atoms with van der Waals surface area (Å²) in [5, 5.41) is 12.5. The molecule has 112 valence electrons. The van der Waals surface area contributed by atoms with E-state index in [0.717, 1.165) is 5.56 Å². The summed E-state index contributed by atoms with van der Waals surface area (Å²) in [6, 6.07) is 9.15. The first-order valence-corrected chi connectivity index (χ1v) is 6.65. The molecule has 0 bridgehead atoms. The van der Waals surface area contributed by atoms with Crippen molar-refractivity contribution in [2.45, 2.75) is 25.0 Å². The number of likely N-dealkylation sites (N-methyl/N-ethyl adjacent to an activating group) is 1. The molecule has 0 fully saturated rings. The van der Waals surface area contributed by atoms with Crippen LogP contribution in [0.25, 0.3) is 0 Å². The van der Waals surface area contributed by atoms with Crippen LogP contribution in [0.1, 0.15) is 18.9 Å². The molecule has 0 aliphatic heterocycles. The fourth-order valence-electron chi connectivity index (χ4n) is 2.17. The zero-order valence-electron chi connectivity index (χ0n) is 12.3. The zero-order valence-corrected chi connectivity index (χ0v) is 12.3. The van der Waals surface area contributed by atoms with Crippen LogP contribution in [0.2, 0.25) is 0 Å². The number of rotatable bonds is 9. The molecule has 0 aliphatic rings. The van der Waals surface area contributed by atoms with Crippen molar-refractivity contribution in [3.8, 4) is 0 Å². The highest BCUT2D eigenvalue weighted by Gasteiger charge is 2.38. The maximum atomic E-state index is 11.7. The van der Waals surface area contributed by atoms with Crippen LogP contribution in [0.4, 0.5) is 0 Å². The van der Waals surface area contributed by atoms with Gasteiger partial charge in [-0.3, -0.25) is 0 Å². The van der Waals surface area contributed by atoms with E-state index in [9.17, 15) is 9.90 Å². The second kappa shape index (κ2) is 7.99. The van der Waals surface area contributed by atoms with Gasteiger partial charge < -0.3 is 19.9 Å². The number of nitrogens with one attached hydrogen (secondary N) is 1. The Bertz CT molecular complexity index is 410. The molecule has 20 heavy (non-hydrogen) atoms. The monoisotopic (exact) mass is 281 g/mol. The summed E-state index contributed by atoms with van der Waals surface area (Å²) in [6.45, 7) is 2.73. The summed E-state index contributed by atoms with van der Waals surface area (Å²) in [5.41, 5.74) is -0.411. The van der Waals surface area contributed by atoms with Crippen molar-refractivity contribution < 1.29 is 19.4 Å². The molecule has 0 saturated heterocycles. The second-order valence-electron chi connectivity index (χ2n) is 4.71. The number of carboxylic acids is 1. The van der Waals surface area contributed by atoms with Crippen LogP contribution in [0.15, 0.2) is 30.3 Å². The van der Waals surface area contributed by atoms with Gasteiger partial charge in [-0.15, -0.1) is 0 Å². The summed E-state index contributed by atoms with van der Waals surface area (Å²) < 4.78 is 10.6. The number of hydrogen-bond donors (Lipinski definition) is 2. The predicted molar refractivity (Wildman–Crippen MR) is 76.7 cm³/mol. The summed E-state index contributed by atoms with van der Waals surface area (Å²) in [6.07, 6.45) is 0.288. The van der Waals surface area contributed by atoms with Crippen molar-refractivity contribution >= 4 is 5.97 Å². The highest BCUT2D eigenvalue weighted by Crippen LogP contribution is 2.25. The topological polar surface area (TPSA) is 67.8 Å². The number of ether oxygens (including phenoxy) is 2. The van der Waals surface area contributed by atoms with Gasteiger partial charge >= 0.3 is 5.97 Å². The van der Waals surface area contributed by atoms with E-state index in [0.29, 0.717) is 19.6 Å². The quantitative estimate of drug-likeness (QED) is 0.720. The van der Waals surface area contributed by atoms with E-state index >= 15 is 0 Å². The molecule has 0 heterocycles. The summed E-state index contributed by atoms with van der Waals surface area (Å²) in [7, 11) is 3.26. The zero-order chi connectivity index (χ0) is 15.0. The molecular formula is C15H23NO4. The van der Waals surface area contributed by atoms with Crippen LogP contribution in [0.5, 0.6) is 0 Å². The van der Waals surface area contributed by atoms with Crippen molar-refractivity contribution in [2.24, 2.45) is 0 Å². The number of aliphatic carboxylic acids is 1. The third-order valence-corrected chi connectivity index (χ3v) is 3.34. The first kappa shape index (κ1) is 16.6. The van der Waals surface area contributed by atoms with Gasteiger partial charge in [0.1, 0.15) is 5.54 Å². The number of hydrogen-bond acceptors (Lipinski definition) is 4. The maximum Gasteiger partial charge on any atom is 0.328 e. The van der Waals surface area contributed by atoms with Gasteiger partial charge in [0, 0.05) is 20.1 Å². The third-order valence-electron chi connectivity index (χ3n) is 3.34. The molecular weight excluding hydrogens is 258 g/mol. The molecule has 2 unspecified atom stereocenters. The number of benzene rings is 1. The lowest BCUT2D eigenvalue weighted by Gasteiger charge is -2.30. The predicted octanol–water partition coefficient (Wildman–Crippen LogP) is 1.63. The molecule has 0 aromatic heterocycles. The van der Waals surface area contributed by atoms with Crippen LogP contribution < -0.4 is 5.32 Å². The van der Waals surface area contributed by atoms with E-state index in [2.05, 4.69) is 5.32 Å². The van der Waals surface area contributed by atoms with E-state index in [-0.39, 0.29) is 6.10 Å². The fourth-order valence-corrected chi connectivity index (χ4v) is 2.17. The molecule has 0 aliphatic carbocycles. The molecule has 1 rings (SSSR count). The van der Waals surface area contributed by atoms with E-state index < -0.39 is 11.5 Å². The van der Waals surface area contributed by atoms with E-state index in [1.54, 1.807) is 14.2 Å². The summed E-state index contributed by atoms with van der Waals surface area (Å²) >= 11 is 0. The van der Waals surface area contributed by atoms with Crippen molar-refractivity contribution in [1.29, 1.82) is 0 Å². The van der Waals surface area contributed by atoms with Crippen LogP contribution in [-0.4, -0.2) is 44.6 Å². The Kier molecular flexibility index (Phi) is 6.64. The maximum absolute atomic E-state index is 11.7. The third kappa shape index (κ3) is 4.03. The number of carboxylic acid groups (broad SMARTS) is 1. The molecule has 2 N–H and O–H groups in total. The average Bonchev–Trinajstić information content (AvgIpc) is 2.45. The minimum atomic E-state index is -1.13. The highest BCUT2D eigenvalue weighted by molar-refractivity contribution is 5.80. The Balaban J connectivity index is 2.78. The van der Waals surface area contributed by atoms with Gasteiger partial charge in [0.05, 0.1) is 12.7 Å². The van der Waals surface area contributed by atoms with Crippen molar-refractivity contribution in [1.82, 2.24) is 5.32 Å². The lowest BCUT2D eigenvalue weighted by atomic mass is 9.87. The van der Waals surface area contributed by atoms with Gasteiger partial charge in [0.2, 0.25) is 0 Å². The standard InChI is InChI=1S/C15H23NO4/c1-12(11-19-3)20-10-9-15(16-2,14(17)18)13-7-5-4-6-8-13/h4-8,12,16H,9-11H2,1-3H3,(H,17,18). The van der Waals surface area contributed by atoms with Crippen LogP contribution >= 0.6 is 0 Å². The minimum absolute atomic E-state index is 0.0564. The molecule has 2 atom stereocenters. The van der Waals surface area contributed by atoms with Gasteiger partial charge in [-0.1, -0.05) is 30.3 Å². The van der Waals surface area contributed by atoms with Gasteiger partial charge in [-0.25, -0.2) is 4.79 Å². The normalized spacial score (nSPS) is 15.6. The molecule has 0 radical (unpaired) electrons. The second-order valence-corrected chi connectivity index (χ2v) is 4.71. The first-order chi connectivity index (χ1) is 9.56. The molecule has 1 aromatic carbocycles. The van der Waals surface area contributed by atoms with E-state index in [1.165, 1.54) is 0 Å².